The third kappa shape index (κ3) is 3.33. The van der Waals surface area contributed by atoms with Crippen LogP contribution in [0.5, 0.6) is 0 Å². The number of hydrogen-bond acceptors (Lipinski definition) is 4. The molecule has 0 saturated carbocycles. The van der Waals surface area contributed by atoms with Gasteiger partial charge in [0, 0.05) is 17.4 Å². The third-order valence-electron chi connectivity index (χ3n) is 4.00. The van der Waals surface area contributed by atoms with Crippen molar-refractivity contribution < 1.29 is 19.4 Å². The topological polar surface area (TPSA) is 70.7 Å². The molecule has 0 aliphatic rings. The highest BCUT2D eigenvalue weighted by atomic mass is 16.3. The Morgan fingerprint density at radius 1 is 1.13 bits per heavy atom. The molecule has 0 fully saturated rings. The van der Waals surface area contributed by atoms with Crippen LogP contribution in [0, 0.1) is 0 Å². The Kier molecular flexibility index (Phi) is 4.55. The second-order valence-corrected chi connectivity index (χ2v) is 5.51. The van der Waals surface area contributed by atoms with E-state index in [4.69, 9.17) is 4.42 Å². The fourth-order valence-corrected chi connectivity index (χ4v) is 2.71. The normalized spacial score (nSPS) is 12.4. The molecule has 1 aromatic heterocycles. The van der Waals surface area contributed by atoms with E-state index in [9.17, 15) is 15.0 Å². The number of Topliss-reactive ketones (excluding diaryl/α,β-unsaturated/α-hetero) is 1. The van der Waals surface area contributed by atoms with E-state index in [0.717, 1.165) is 11.0 Å². The number of ketones is 1. The molecule has 1 atom stereocenters. The van der Waals surface area contributed by atoms with Gasteiger partial charge in [-0.2, -0.15) is 0 Å². The Morgan fingerprint density at radius 3 is 2.78 bits per heavy atom. The second kappa shape index (κ2) is 6.77. The summed E-state index contributed by atoms with van der Waals surface area (Å²) in [7, 11) is 0. The number of benzene rings is 2. The number of furan rings is 1. The smallest absolute Gasteiger partial charge is 0.163 e. The minimum atomic E-state index is -0.764. The molecule has 4 nitrogen and oxygen atoms in total. The first-order chi connectivity index (χ1) is 11.2. The number of aliphatic hydroxyl groups excluding tert-OH is 2. The van der Waals surface area contributed by atoms with Gasteiger partial charge in [0.15, 0.2) is 5.78 Å². The lowest BCUT2D eigenvalue weighted by Crippen LogP contribution is -2.06. The van der Waals surface area contributed by atoms with Gasteiger partial charge in [0.25, 0.3) is 0 Å². The van der Waals surface area contributed by atoms with E-state index in [0.29, 0.717) is 23.1 Å². The zero-order valence-electron chi connectivity index (χ0n) is 12.6. The van der Waals surface area contributed by atoms with Crippen molar-refractivity contribution in [2.75, 3.05) is 0 Å². The van der Waals surface area contributed by atoms with E-state index in [-0.39, 0.29) is 18.8 Å². The Labute approximate surface area is 134 Å². The summed E-state index contributed by atoms with van der Waals surface area (Å²) in [5.41, 5.74) is 2.72. The SMILES string of the molecule is O=C(CCC(O)c1ccccc1CO)c1ccc2occc2c1. The molecule has 2 N–H and O–H groups in total. The van der Waals surface area contributed by atoms with Crippen LogP contribution < -0.4 is 0 Å². The van der Waals surface area contributed by atoms with E-state index in [1.807, 2.05) is 18.2 Å². The van der Waals surface area contributed by atoms with E-state index in [2.05, 4.69) is 0 Å². The van der Waals surface area contributed by atoms with Gasteiger partial charge in [0.1, 0.15) is 5.58 Å². The predicted octanol–water partition coefficient (Wildman–Crippen LogP) is 3.62. The molecule has 0 saturated heterocycles. The molecular weight excluding hydrogens is 292 g/mol. The molecular formula is C19H18O4. The second-order valence-electron chi connectivity index (χ2n) is 5.51. The van der Waals surface area contributed by atoms with Crippen molar-refractivity contribution >= 4 is 16.8 Å². The zero-order valence-corrected chi connectivity index (χ0v) is 12.6. The summed E-state index contributed by atoms with van der Waals surface area (Å²) in [4.78, 5) is 12.3. The van der Waals surface area contributed by atoms with Gasteiger partial charge in [-0.1, -0.05) is 24.3 Å². The summed E-state index contributed by atoms with van der Waals surface area (Å²) < 4.78 is 5.26. The molecule has 3 aromatic rings. The molecule has 0 radical (unpaired) electrons. The summed E-state index contributed by atoms with van der Waals surface area (Å²) in [6.45, 7) is -0.127. The number of carbonyl (C=O) groups excluding carboxylic acids is 1. The van der Waals surface area contributed by atoms with Crippen molar-refractivity contribution in [1.82, 2.24) is 0 Å². The highest BCUT2D eigenvalue weighted by Gasteiger charge is 2.15. The Balaban J connectivity index is 1.68. The lowest BCUT2D eigenvalue weighted by molar-refractivity contribution is 0.0939. The number of fused-ring (bicyclic) bond motifs is 1. The molecule has 1 heterocycles. The molecule has 3 rings (SSSR count). The first-order valence-electron chi connectivity index (χ1n) is 7.56. The first-order valence-corrected chi connectivity index (χ1v) is 7.56. The minimum absolute atomic E-state index is 0.0198. The highest BCUT2D eigenvalue weighted by Crippen LogP contribution is 2.24. The fraction of sp³-hybridized carbons (Fsp3) is 0.211. The quantitative estimate of drug-likeness (QED) is 0.682. The predicted molar refractivity (Wildman–Crippen MR) is 87.1 cm³/mol. The molecule has 2 aromatic carbocycles. The first kappa shape index (κ1) is 15.5. The lowest BCUT2D eigenvalue weighted by Gasteiger charge is -2.14. The highest BCUT2D eigenvalue weighted by molar-refractivity contribution is 5.99. The van der Waals surface area contributed by atoms with E-state index in [1.54, 1.807) is 36.6 Å². The summed E-state index contributed by atoms with van der Waals surface area (Å²) in [5.74, 6) is -0.0198. The maximum atomic E-state index is 12.3. The lowest BCUT2D eigenvalue weighted by atomic mass is 9.97. The van der Waals surface area contributed by atoms with Gasteiger partial charge in [0.05, 0.1) is 19.0 Å². The summed E-state index contributed by atoms with van der Waals surface area (Å²) >= 11 is 0. The molecule has 1 unspecified atom stereocenters. The van der Waals surface area contributed by atoms with Crippen LogP contribution in [0.4, 0.5) is 0 Å². The van der Waals surface area contributed by atoms with E-state index >= 15 is 0 Å². The van der Waals surface area contributed by atoms with Crippen LogP contribution in [-0.4, -0.2) is 16.0 Å². The minimum Gasteiger partial charge on any atom is -0.464 e. The summed E-state index contributed by atoms with van der Waals surface area (Å²) in [5, 5.41) is 20.5. The largest absolute Gasteiger partial charge is 0.464 e. The molecule has 23 heavy (non-hydrogen) atoms. The van der Waals surface area contributed by atoms with Crippen molar-refractivity contribution in [2.24, 2.45) is 0 Å². The standard InChI is InChI=1S/C19H18O4/c20-12-15-3-1-2-4-16(15)18(22)7-6-17(21)13-5-8-19-14(11-13)9-10-23-19/h1-5,8-11,18,20,22H,6-7,12H2. The Bertz CT molecular complexity index is 819. The van der Waals surface area contributed by atoms with Crippen molar-refractivity contribution in [1.29, 1.82) is 0 Å². The molecule has 118 valence electrons. The third-order valence-corrected chi connectivity index (χ3v) is 4.00. The van der Waals surface area contributed by atoms with Gasteiger partial charge >= 0.3 is 0 Å². The molecule has 0 aliphatic heterocycles. The maximum Gasteiger partial charge on any atom is 0.163 e. The van der Waals surface area contributed by atoms with Crippen LogP contribution in [0.3, 0.4) is 0 Å². The van der Waals surface area contributed by atoms with Crippen LogP contribution in [0.15, 0.2) is 59.2 Å². The fourth-order valence-electron chi connectivity index (χ4n) is 2.71. The van der Waals surface area contributed by atoms with Crippen LogP contribution in [0.1, 0.15) is 40.4 Å². The molecule has 0 amide bonds. The number of hydrogen-bond donors (Lipinski definition) is 2. The Morgan fingerprint density at radius 2 is 1.96 bits per heavy atom. The van der Waals surface area contributed by atoms with Gasteiger partial charge in [-0.25, -0.2) is 0 Å². The van der Waals surface area contributed by atoms with Crippen LogP contribution in [-0.2, 0) is 6.61 Å². The van der Waals surface area contributed by atoms with Gasteiger partial charge in [-0.15, -0.1) is 0 Å². The number of rotatable bonds is 6. The van der Waals surface area contributed by atoms with Gasteiger partial charge in [0.2, 0.25) is 0 Å². The van der Waals surface area contributed by atoms with Crippen LogP contribution in [0.25, 0.3) is 11.0 Å². The molecule has 0 bridgehead atoms. The Hall–Kier alpha value is -2.43. The number of aliphatic hydroxyl groups is 2. The van der Waals surface area contributed by atoms with Gasteiger partial charge in [-0.05, 0) is 41.8 Å². The average molecular weight is 310 g/mol. The average Bonchev–Trinajstić information content (AvgIpc) is 3.06. The van der Waals surface area contributed by atoms with Crippen LogP contribution in [0.2, 0.25) is 0 Å². The van der Waals surface area contributed by atoms with Crippen molar-refractivity contribution in [2.45, 2.75) is 25.6 Å². The maximum absolute atomic E-state index is 12.3. The van der Waals surface area contributed by atoms with Crippen molar-refractivity contribution in [3.8, 4) is 0 Å². The summed E-state index contributed by atoms with van der Waals surface area (Å²) in [6, 6.07) is 14.3. The molecule has 4 heteroatoms. The number of carbonyl (C=O) groups is 1. The van der Waals surface area contributed by atoms with E-state index in [1.165, 1.54) is 0 Å². The molecule has 0 spiro atoms. The van der Waals surface area contributed by atoms with Crippen LogP contribution >= 0.6 is 0 Å². The zero-order chi connectivity index (χ0) is 16.2. The summed E-state index contributed by atoms with van der Waals surface area (Å²) in [6.07, 6.45) is 1.39. The van der Waals surface area contributed by atoms with Crippen molar-refractivity contribution in [3.05, 3.63) is 71.5 Å². The molecule has 0 aliphatic carbocycles. The van der Waals surface area contributed by atoms with Crippen molar-refractivity contribution in [3.63, 3.8) is 0 Å². The van der Waals surface area contributed by atoms with E-state index < -0.39 is 6.10 Å². The van der Waals surface area contributed by atoms with Gasteiger partial charge in [-0.3, -0.25) is 4.79 Å². The monoisotopic (exact) mass is 310 g/mol. The van der Waals surface area contributed by atoms with Gasteiger partial charge < -0.3 is 14.6 Å².